The zero-order valence-corrected chi connectivity index (χ0v) is 12.9. The van der Waals surface area contributed by atoms with Gasteiger partial charge < -0.3 is 10.1 Å². The van der Waals surface area contributed by atoms with Crippen LogP contribution in [0.1, 0.15) is 63.7 Å². The molecule has 1 aromatic rings. The molecular formula is C16H26N4O. The van der Waals surface area contributed by atoms with Crippen molar-refractivity contribution in [1.82, 2.24) is 20.1 Å². The fourth-order valence-electron chi connectivity index (χ4n) is 4.81. The number of rotatable bonds is 4. The molecule has 5 heteroatoms. The van der Waals surface area contributed by atoms with E-state index >= 15 is 0 Å². The van der Waals surface area contributed by atoms with Crippen LogP contribution in [0.4, 0.5) is 0 Å². The number of fused-ring (bicyclic) bond motifs is 1. The molecule has 2 saturated carbocycles. The Morgan fingerprint density at radius 1 is 1.38 bits per heavy atom. The Kier molecular flexibility index (Phi) is 3.50. The molecule has 1 aliphatic heterocycles. The normalized spacial score (nSPS) is 33.9. The summed E-state index contributed by atoms with van der Waals surface area (Å²) < 4.78 is 8.09. The summed E-state index contributed by atoms with van der Waals surface area (Å²) in [5, 5.41) is 8.25. The molecular weight excluding hydrogens is 264 g/mol. The first-order valence-corrected chi connectivity index (χ1v) is 8.59. The predicted octanol–water partition coefficient (Wildman–Crippen LogP) is 2.44. The molecule has 0 radical (unpaired) electrons. The standard InChI is InChI=1S/C16H26N4O/c1-2-21-14-10-13(16(14)7-3-4-8-16)19-12-6-5-9-20-15(12)17-11-18-20/h11-14,19H,2-10H2,1H3. The van der Waals surface area contributed by atoms with Crippen molar-refractivity contribution in [2.45, 2.75) is 76.6 Å². The lowest BCUT2D eigenvalue weighted by atomic mass is 9.60. The van der Waals surface area contributed by atoms with Crippen molar-refractivity contribution >= 4 is 0 Å². The van der Waals surface area contributed by atoms with Crippen molar-refractivity contribution in [1.29, 1.82) is 0 Å². The van der Waals surface area contributed by atoms with E-state index in [9.17, 15) is 0 Å². The van der Waals surface area contributed by atoms with E-state index in [4.69, 9.17) is 4.74 Å². The molecule has 2 fully saturated rings. The quantitative estimate of drug-likeness (QED) is 0.925. The van der Waals surface area contributed by atoms with Gasteiger partial charge in [0, 0.05) is 24.6 Å². The lowest BCUT2D eigenvalue weighted by Crippen LogP contribution is -2.63. The van der Waals surface area contributed by atoms with E-state index < -0.39 is 0 Å². The average molecular weight is 290 g/mol. The molecule has 1 aromatic heterocycles. The number of hydrogen-bond acceptors (Lipinski definition) is 4. The van der Waals surface area contributed by atoms with Crippen LogP contribution in [0, 0.1) is 5.41 Å². The summed E-state index contributed by atoms with van der Waals surface area (Å²) in [4.78, 5) is 4.48. The summed E-state index contributed by atoms with van der Waals surface area (Å²) in [7, 11) is 0. The minimum atomic E-state index is 0.381. The van der Waals surface area contributed by atoms with Crippen molar-refractivity contribution in [3.63, 3.8) is 0 Å². The zero-order chi connectivity index (χ0) is 14.3. The number of nitrogens with zero attached hydrogens (tertiary/aromatic N) is 3. The van der Waals surface area contributed by atoms with Gasteiger partial charge in [0.2, 0.25) is 0 Å². The maximum Gasteiger partial charge on any atom is 0.143 e. The van der Waals surface area contributed by atoms with Gasteiger partial charge in [0.25, 0.3) is 0 Å². The van der Waals surface area contributed by atoms with Crippen molar-refractivity contribution in [3.8, 4) is 0 Å². The van der Waals surface area contributed by atoms with E-state index in [1.807, 2.05) is 0 Å². The largest absolute Gasteiger partial charge is 0.378 e. The summed E-state index contributed by atoms with van der Waals surface area (Å²) in [6, 6.07) is 0.983. The van der Waals surface area contributed by atoms with E-state index in [1.54, 1.807) is 6.33 Å². The molecule has 2 aliphatic carbocycles. The maximum atomic E-state index is 6.02. The molecule has 0 aromatic carbocycles. The van der Waals surface area contributed by atoms with Gasteiger partial charge in [0.05, 0.1) is 12.1 Å². The lowest BCUT2D eigenvalue weighted by molar-refractivity contribution is -0.133. The van der Waals surface area contributed by atoms with Crippen molar-refractivity contribution in [2.24, 2.45) is 5.41 Å². The molecule has 1 N–H and O–H groups in total. The molecule has 0 saturated heterocycles. The molecule has 1 spiro atoms. The van der Waals surface area contributed by atoms with E-state index in [2.05, 4.69) is 27.0 Å². The summed E-state index contributed by atoms with van der Waals surface area (Å²) >= 11 is 0. The Morgan fingerprint density at radius 3 is 3.05 bits per heavy atom. The molecule has 4 rings (SSSR count). The third-order valence-electron chi connectivity index (χ3n) is 5.91. The minimum Gasteiger partial charge on any atom is -0.378 e. The third kappa shape index (κ3) is 2.13. The van der Waals surface area contributed by atoms with Crippen LogP contribution in [0.2, 0.25) is 0 Å². The van der Waals surface area contributed by atoms with Crippen LogP contribution in [-0.2, 0) is 11.3 Å². The number of ether oxygens (including phenoxy) is 1. The molecule has 5 nitrogen and oxygen atoms in total. The van der Waals surface area contributed by atoms with Gasteiger partial charge in [-0.3, -0.25) is 0 Å². The second-order valence-corrected chi connectivity index (χ2v) is 6.88. The van der Waals surface area contributed by atoms with Gasteiger partial charge in [0.1, 0.15) is 12.2 Å². The predicted molar refractivity (Wildman–Crippen MR) is 79.9 cm³/mol. The zero-order valence-electron chi connectivity index (χ0n) is 12.9. The molecule has 0 amide bonds. The lowest BCUT2D eigenvalue weighted by Gasteiger charge is -2.55. The van der Waals surface area contributed by atoms with Crippen LogP contribution in [0.5, 0.6) is 0 Å². The fraction of sp³-hybridized carbons (Fsp3) is 0.875. The van der Waals surface area contributed by atoms with Gasteiger partial charge in [-0.05, 0) is 39.0 Å². The molecule has 3 unspecified atom stereocenters. The average Bonchev–Trinajstić information content (AvgIpc) is 3.16. The van der Waals surface area contributed by atoms with Gasteiger partial charge in [-0.25, -0.2) is 9.67 Å². The highest BCUT2D eigenvalue weighted by molar-refractivity contribution is 5.12. The highest BCUT2D eigenvalue weighted by atomic mass is 16.5. The number of aromatic nitrogens is 3. The SMILES string of the molecule is CCOC1CC(NC2CCCn3ncnc32)C12CCCC2. The van der Waals surface area contributed by atoms with Crippen LogP contribution in [0.3, 0.4) is 0 Å². The van der Waals surface area contributed by atoms with Gasteiger partial charge in [-0.2, -0.15) is 5.10 Å². The topological polar surface area (TPSA) is 52.0 Å². The summed E-state index contributed by atoms with van der Waals surface area (Å²) in [5.41, 5.74) is 0.401. The van der Waals surface area contributed by atoms with Crippen LogP contribution >= 0.6 is 0 Å². The number of hydrogen-bond donors (Lipinski definition) is 1. The van der Waals surface area contributed by atoms with E-state index in [-0.39, 0.29) is 0 Å². The van der Waals surface area contributed by atoms with Gasteiger partial charge in [-0.1, -0.05) is 12.8 Å². The molecule has 3 atom stereocenters. The first kappa shape index (κ1) is 13.7. The smallest absolute Gasteiger partial charge is 0.143 e. The Bertz CT molecular complexity index is 494. The fourth-order valence-corrected chi connectivity index (χ4v) is 4.81. The van der Waals surface area contributed by atoms with Crippen LogP contribution in [-0.4, -0.2) is 33.5 Å². The Balaban J connectivity index is 1.49. The molecule has 2 heterocycles. The highest BCUT2D eigenvalue weighted by Crippen LogP contribution is 2.55. The minimum absolute atomic E-state index is 0.381. The monoisotopic (exact) mass is 290 g/mol. The van der Waals surface area contributed by atoms with Gasteiger partial charge in [0.15, 0.2) is 0 Å². The molecule has 3 aliphatic rings. The second kappa shape index (κ2) is 5.36. The van der Waals surface area contributed by atoms with Gasteiger partial charge in [-0.15, -0.1) is 0 Å². The van der Waals surface area contributed by atoms with Crippen molar-refractivity contribution < 1.29 is 4.74 Å². The molecule has 0 bridgehead atoms. The first-order chi connectivity index (χ1) is 10.3. The Morgan fingerprint density at radius 2 is 2.24 bits per heavy atom. The molecule has 116 valence electrons. The van der Waals surface area contributed by atoms with E-state index in [1.165, 1.54) is 44.9 Å². The number of aryl methyl sites for hydroxylation is 1. The van der Waals surface area contributed by atoms with E-state index in [0.29, 0.717) is 23.6 Å². The summed E-state index contributed by atoms with van der Waals surface area (Å²) in [6.07, 6.45) is 11.1. The maximum absolute atomic E-state index is 6.02. The van der Waals surface area contributed by atoms with E-state index in [0.717, 1.165) is 19.0 Å². The Hall–Kier alpha value is -0.940. The summed E-state index contributed by atoms with van der Waals surface area (Å²) in [5.74, 6) is 1.13. The number of nitrogens with one attached hydrogen (secondary N) is 1. The third-order valence-corrected chi connectivity index (χ3v) is 5.91. The Labute approximate surface area is 126 Å². The van der Waals surface area contributed by atoms with Crippen LogP contribution in [0.15, 0.2) is 6.33 Å². The van der Waals surface area contributed by atoms with Crippen LogP contribution < -0.4 is 5.32 Å². The van der Waals surface area contributed by atoms with Crippen molar-refractivity contribution in [3.05, 3.63) is 12.2 Å². The van der Waals surface area contributed by atoms with Crippen molar-refractivity contribution in [2.75, 3.05) is 6.61 Å². The first-order valence-electron chi connectivity index (χ1n) is 8.59. The molecule has 21 heavy (non-hydrogen) atoms. The summed E-state index contributed by atoms with van der Waals surface area (Å²) in [6.45, 7) is 3.98. The highest BCUT2D eigenvalue weighted by Gasteiger charge is 2.57. The second-order valence-electron chi connectivity index (χ2n) is 6.88. The van der Waals surface area contributed by atoms with Gasteiger partial charge >= 0.3 is 0 Å². The van der Waals surface area contributed by atoms with Crippen LogP contribution in [0.25, 0.3) is 0 Å².